The quantitative estimate of drug-likeness (QED) is 0.492. The predicted octanol–water partition coefficient (Wildman–Crippen LogP) is 3.37. The Bertz CT molecular complexity index is 225. The Morgan fingerprint density at radius 3 is 2.44 bits per heavy atom. The number of nitrogens with zero attached hydrogens (tertiary/aromatic N) is 1. The van der Waals surface area contributed by atoms with Crippen molar-refractivity contribution in [3.8, 4) is 0 Å². The number of esters is 1. The highest BCUT2D eigenvalue weighted by Crippen LogP contribution is 2.18. The summed E-state index contributed by atoms with van der Waals surface area (Å²) < 4.78 is 5.23. The van der Waals surface area contributed by atoms with Gasteiger partial charge in [0.05, 0.1) is 6.61 Å². The number of hydrogen-bond acceptors (Lipinski definition) is 3. The monoisotopic (exact) mass is 255 g/mol. The van der Waals surface area contributed by atoms with Gasteiger partial charge in [-0.25, -0.2) is 0 Å². The first kappa shape index (κ1) is 15.5. The van der Waals surface area contributed by atoms with Gasteiger partial charge in [0.2, 0.25) is 0 Å². The van der Waals surface area contributed by atoms with E-state index in [1.54, 1.807) is 0 Å². The zero-order valence-corrected chi connectivity index (χ0v) is 12.1. The maximum absolute atomic E-state index is 12.0. The van der Waals surface area contributed by atoms with E-state index < -0.39 is 0 Å². The van der Waals surface area contributed by atoms with Gasteiger partial charge in [0.15, 0.2) is 0 Å². The van der Waals surface area contributed by atoms with Gasteiger partial charge < -0.3 is 4.74 Å². The third kappa shape index (κ3) is 5.38. The minimum Gasteiger partial charge on any atom is -0.465 e. The van der Waals surface area contributed by atoms with Crippen molar-refractivity contribution >= 4 is 5.97 Å². The molecule has 0 bridgehead atoms. The molecule has 0 aliphatic carbocycles. The summed E-state index contributed by atoms with van der Waals surface area (Å²) in [6, 6.07) is 0.0158. The van der Waals surface area contributed by atoms with Crippen LogP contribution in [-0.4, -0.2) is 36.6 Å². The normalized spacial score (nSPS) is 18.6. The molecular formula is C15H29NO2. The van der Waals surface area contributed by atoms with E-state index in [0.717, 1.165) is 25.9 Å². The van der Waals surface area contributed by atoms with Crippen LogP contribution in [0.1, 0.15) is 65.2 Å². The molecule has 0 aromatic carbocycles. The summed E-state index contributed by atoms with van der Waals surface area (Å²) in [5.41, 5.74) is 0. The van der Waals surface area contributed by atoms with Crippen LogP contribution in [-0.2, 0) is 9.53 Å². The average Bonchev–Trinajstić information content (AvgIpc) is 2.40. The van der Waals surface area contributed by atoms with Crippen LogP contribution >= 0.6 is 0 Å². The number of carbonyl (C=O) groups excluding carboxylic acids is 1. The minimum absolute atomic E-state index is 0.00380. The van der Waals surface area contributed by atoms with Crippen molar-refractivity contribution in [3.63, 3.8) is 0 Å². The fourth-order valence-corrected chi connectivity index (χ4v) is 2.68. The number of piperidine rings is 1. The molecule has 1 aliphatic rings. The molecule has 1 aliphatic heterocycles. The van der Waals surface area contributed by atoms with Crippen LogP contribution in [0.5, 0.6) is 0 Å². The fourth-order valence-electron chi connectivity index (χ4n) is 2.68. The molecule has 3 heteroatoms. The van der Waals surface area contributed by atoms with Crippen molar-refractivity contribution in [1.29, 1.82) is 0 Å². The van der Waals surface area contributed by atoms with Gasteiger partial charge in [-0.1, -0.05) is 39.0 Å². The summed E-state index contributed by atoms with van der Waals surface area (Å²) >= 11 is 0. The molecule has 1 fully saturated rings. The van der Waals surface area contributed by atoms with Crippen LogP contribution in [0.4, 0.5) is 0 Å². The van der Waals surface area contributed by atoms with Gasteiger partial charge >= 0.3 is 5.97 Å². The Hall–Kier alpha value is -0.570. The fraction of sp³-hybridized carbons (Fsp3) is 0.933. The first-order valence-electron chi connectivity index (χ1n) is 7.70. The standard InChI is InChI=1S/C15H29NO2/c1-3-5-6-8-11-14(15(17)18-4-2)16-12-9-7-10-13-16/h14H,3-13H2,1-2H3/t14-/m1/s1. The lowest BCUT2D eigenvalue weighted by Gasteiger charge is -2.33. The highest BCUT2D eigenvalue weighted by molar-refractivity contribution is 5.75. The van der Waals surface area contributed by atoms with Crippen LogP contribution in [0.2, 0.25) is 0 Å². The van der Waals surface area contributed by atoms with E-state index in [4.69, 9.17) is 4.74 Å². The van der Waals surface area contributed by atoms with Gasteiger partial charge in [-0.15, -0.1) is 0 Å². The number of ether oxygens (including phenoxy) is 1. The molecule has 3 nitrogen and oxygen atoms in total. The number of unbranched alkanes of at least 4 members (excludes halogenated alkanes) is 3. The van der Waals surface area contributed by atoms with E-state index in [9.17, 15) is 4.79 Å². The maximum Gasteiger partial charge on any atom is 0.323 e. The van der Waals surface area contributed by atoms with Gasteiger partial charge in [-0.3, -0.25) is 9.69 Å². The molecular weight excluding hydrogens is 226 g/mol. The van der Waals surface area contributed by atoms with E-state index in [1.807, 2.05) is 6.92 Å². The second-order valence-electron chi connectivity index (χ2n) is 5.21. The second kappa shape index (κ2) is 9.37. The van der Waals surface area contributed by atoms with Crippen LogP contribution in [0.15, 0.2) is 0 Å². The van der Waals surface area contributed by atoms with Crippen LogP contribution in [0, 0.1) is 0 Å². The summed E-state index contributed by atoms with van der Waals surface area (Å²) in [7, 11) is 0. The number of hydrogen-bond donors (Lipinski definition) is 0. The molecule has 106 valence electrons. The van der Waals surface area contributed by atoms with E-state index in [2.05, 4.69) is 11.8 Å². The van der Waals surface area contributed by atoms with Crippen molar-refractivity contribution in [2.24, 2.45) is 0 Å². The third-order valence-electron chi connectivity index (χ3n) is 3.72. The minimum atomic E-state index is -0.00380. The lowest BCUT2D eigenvalue weighted by Crippen LogP contribution is -2.44. The third-order valence-corrected chi connectivity index (χ3v) is 3.72. The highest BCUT2D eigenvalue weighted by atomic mass is 16.5. The molecule has 1 rings (SSSR count). The van der Waals surface area contributed by atoms with E-state index >= 15 is 0 Å². The van der Waals surface area contributed by atoms with Crippen LogP contribution in [0.3, 0.4) is 0 Å². The van der Waals surface area contributed by atoms with E-state index in [-0.39, 0.29) is 12.0 Å². The van der Waals surface area contributed by atoms with E-state index in [1.165, 1.54) is 38.5 Å². The molecule has 0 aromatic rings. The van der Waals surface area contributed by atoms with Crippen LogP contribution in [0.25, 0.3) is 0 Å². The van der Waals surface area contributed by atoms with Gasteiger partial charge in [-0.2, -0.15) is 0 Å². The van der Waals surface area contributed by atoms with Gasteiger partial charge in [0.1, 0.15) is 6.04 Å². The zero-order valence-electron chi connectivity index (χ0n) is 12.1. The topological polar surface area (TPSA) is 29.5 Å². The van der Waals surface area contributed by atoms with Gasteiger partial charge in [0.25, 0.3) is 0 Å². The Kier molecular flexibility index (Phi) is 8.06. The maximum atomic E-state index is 12.0. The first-order valence-corrected chi connectivity index (χ1v) is 7.70. The molecule has 0 aromatic heterocycles. The molecule has 1 saturated heterocycles. The molecule has 0 radical (unpaired) electrons. The SMILES string of the molecule is CCCCCC[C@H](C(=O)OCC)N1CCCCC1. The van der Waals surface area contributed by atoms with Crippen molar-refractivity contribution in [2.45, 2.75) is 71.3 Å². The molecule has 1 atom stereocenters. The van der Waals surface area contributed by atoms with Crippen molar-refractivity contribution < 1.29 is 9.53 Å². The second-order valence-corrected chi connectivity index (χ2v) is 5.21. The van der Waals surface area contributed by atoms with Crippen molar-refractivity contribution in [1.82, 2.24) is 4.90 Å². The highest BCUT2D eigenvalue weighted by Gasteiger charge is 2.27. The molecule has 0 spiro atoms. The Morgan fingerprint density at radius 1 is 1.11 bits per heavy atom. The Labute approximate surface area is 112 Å². The first-order chi connectivity index (χ1) is 8.79. The molecule has 0 saturated carbocycles. The predicted molar refractivity (Wildman–Crippen MR) is 74.6 cm³/mol. The lowest BCUT2D eigenvalue weighted by atomic mass is 10.0. The number of carbonyl (C=O) groups is 1. The summed E-state index contributed by atoms with van der Waals surface area (Å²) in [4.78, 5) is 14.4. The van der Waals surface area contributed by atoms with Crippen LogP contribution < -0.4 is 0 Å². The zero-order chi connectivity index (χ0) is 13.2. The van der Waals surface area contributed by atoms with Crippen molar-refractivity contribution in [3.05, 3.63) is 0 Å². The molecule has 0 N–H and O–H groups in total. The average molecular weight is 255 g/mol. The van der Waals surface area contributed by atoms with E-state index in [0.29, 0.717) is 6.61 Å². The van der Waals surface area contributed by atoms with Gasteiger partial charge in [-0.05, 0) is 39.3 Å². The Morgan fingerprint density at radius 2 is 1.83 bits per heavy atom. The molecule has 1 heterocycles. The Balaban J connectivity index is 2.42. The molecule has 0 unspecified atom stereocenters. The smallest absolute Gasteiger partial charge is 0.323 e. The summed E-state index contributed by atoms with van der Waals surface area (Å²) in [5, 5.41) is 0. The number of likely N-dealkylation sites (tertiary alicyclic amines) is 1. The van der Waals surface area contributed by atoms with Gasteiger partial charge in [0, 0.05) is 0 Å². The van der Waals surface area contributed by atoms with Crippen molar-refractivity contribution in [2.75, 3.05) is 19.7 Å². The summed E-state index contributed by atoms with van der Waals surface area (Å²) in [6.45, 7) is 6.74. The molecule has 0 amide bonds. The largest absolute Gasteiger partial charge is 0.465 e. The summed E-state index contributed by atoms with van der Waals surface area (Å²) in [5.74, 6) is -0.00380. The molecule has 18 heavy (non-hydrogen) atoms. The lowest BCUT2D eigenvalue weighted by molar-refractivity contribution is -0.150. The summed E-state index contributed by atoms with van der Waals surface area (Å²) in [6.07, 6.45) is 9.63. The number of rotatable bonds is 8.